The second-order valence-corrected chi connectivity index (χ2v) is 13.9. The van der Waals surface area contributed by atoms with Crippen molar-refractivity contribution in [3.8, 4) is 22.6 Å². The third kappa shape index (κ3) is 4.00. The zero-order valence-corrected chi connectivity index (χ0v) is 28.0. The lowest BCUT2D eigenvalue weighted by atomic mass is 9.82. The predicted molar refractivity (Wildman–Crippen MR) is 206 cm³/mol. The van der Waals surface area contributed by atoms with Crippen molar-refractivity contribution in [3.63, 3.8) is 0 Å². The topological polar surface area (TPSA) is 55.6 Å². The van der Waals surface area contributed by atoms with Crippen LogP contribution in [0.1, 0.15) is 25.0 Å². The molecule has 0 spiro atoms. The molecule has 7 aromatic carbocycles. The third-order valence-corrected chi connectivity index (χ3v) is 10.7. The smallest absolute Gasteiger partial charge is 0.227 e. The highest BCUT2D eigenvalue weighted by molar-refractivity contribution is 6.18. The molecule has 3 heterocycles. The zero-order chi connectivity index (χ0) is 33.8. The molecule has 0 bridgehead atoms. The molecular weight excluding hydrogens is 629 g/mol. The van der Waals surface area contributed by atoms with E-state index in [1.165, 1.54) is 22.3 Å². The van der Waals surface area contributed by atoms with Crippen molar-refractivity contribution < 1.29 is 13.3 Å². The van der Waals surface area contributed by atoms with Gasteiger partial charge < -0.3 is 18.2 Å². The van der Waals surface area contributed by atoms with Gasteiger partial charge in [-0.25, -0.2) is 4.98 Å². The van der Waals surface area contributed by atoms with Gasteiger partial charge in [-0.05, 0) is 82.9 Å². The fourth-order valence-electron chi connectivity index (χ4n) is 8.22. The number of anilines is 3. The van der Waals surface area contributed by atoms with E-state index in [0.29, 0.717) is 11.5 Å². The van der Waals surface area contributed by atoms with Crippen molar-refractivity contribution in [1.29, 1.82) is 0 Å². The summed E-state index contributed by atoms with van der Waals surface area (Å²) in [6.07, 6.45) is 0. The highest BCUT2D eigenvalue weighted by atomic mass is 16.4. The Morgan fingerprint density at radius 3 is 1.98 bits per heavy atom. The highest BCUT2D eigenvalue weighted by Gasteiger charge is 2.36. The SMILES string of the molecule is CC1(C)c2ccccc2-c2ccc(N(c3ccc4oc5ccccc5c4c3)c3c4oc(-c5ccccc5)nc4cc4c3oc3ccccc34)cc21. The molecule has 242 valence electrons. The largest absolute Gasteiger partial charge is 0.456 e. The van der Waals surface area contributed by atoms with E-state index in [0.717, 1.165) is 72.0 Å². The first-order chi connectivity index (χ1) is 25.0. The molecule has 0 atom stereocenters. The average molecular weight is 659 g/mol. The van der Waals surface area contributed by atoms with Crippen LogP contribution in [-0.2, 0) is 5.41 Å². The van der Waals surface area contributed by atoms with Gasteiger partial charge in [0.25, 0.3) is 0 Å². The summed E-state index contributed by atoms with van der Waals surface area (Å²) in [6, 6.07) is 50.5. The maximum absolute atomic E-state index is 6.81. The molecule has 51 heavy (non-hydrogen) atoms. The van der Waals surface area contributed by atoms with Gasteiger partial charge in [0, 0.05) is 43.9 Å². The number of furan rings is 2. The van der Waals surface area contributed by atoms with Gasteiger partial charge in [0.2, 0.25) is 5.89 Å². The molecular formula is C46H30N2O3. The van der Waals surface area contributed by atoms with Gasteiger partial charge in [-0.3, -0.25) is 0 Å². The molecule has 3 aromatic heterocycles. The fourth-order valence-corrected chi connectivity index (χ4v) is 8.22. The maximum Gasteiger partial charge on any atom is 0.227 e. The number of rotatable bonds is 4. The first-order valence-electron chi connectivity index (χ1n) is 17.3. The van der Waals surface area contributed by atoms with Gasteiger partial charge in [-0.2, -0.15) is 0 Å². The molecule has 0 amide bonds. The number of hydrogen-bond donors (Lipinski definition) is 0. The Morgan fingerprint density at radius 1 is 0.490 bits per heavy atom. The number of para-hydroxylation sites is 2. The molecule has 0 N–H and O–H groups in total. The lowest BCUT2D eigenvalue weighted by molar-refractivity contribution is 0.618. The van der Waals surface area contributed by atoms with Crippen LogP contribution in [0.3, 0.4) is 0 Å². The van der Waals surface area contributed by atoms with Gasteiger partial charge in [0.15, 0.2) is 11.2 Å². The minimum absolute atomic E-state index is 0.189. The standard InChI is InChI=1S/C46H30N2O3/c1-46(2)36-17-9-6-14-30(36)31-22-20-29(25-37(31)46)48(28-21-23-41-34(24-28)32-15-7-10-18-39(32)49-41)42-43-35(33-16-8-11-19-40(33)50-43)26-38-44(42)51-45(47-38)27-12-4-3-5-13-27/h3-26H,1-2H3. The minimum Gasteiger partial charge on any atom is -0.456 e. The van der Waals surface area contributed by atoms with Crippen LogP contribution in [0.15, 0.2) is 159 Å². The molecule has 0 fully saturated rings. The summed E-state index contributed by atoms with van der Waals surface area (Å²) in [5.41, 5.74) is 13.3. The molecule has 10 aromatic rings. The normalized spacial score (nSPS) is 13.5. The summed E-state index contributed by atoms with van der Waals surface area (Å²) in [5.74, 6) is 0.561. The lowest BCUT2D eigenvalue weighted by Crippen LogP contribution is -2.16. The van der Waals surface area contributed by atoms with Crippen molar-refractivity contribution in [3.05, 3.63) is 157 Å². The number of nitrogens with zero attached hydrogens (tertiary/aromatic N) is 2. The molecule has 0 radical (unpaired) electrons. The Hall–Kier alpha value is -6.59. The summed E-state index contributed by atoms with van der Waals surface area (Å²) < 4.78 is 19.9. The van der Waals surface area contributed by atoms with Gasteiger partial charge >= 0.3 is 0 Å². The summed E-state index contributed by atoms with van der Waals surface area (Å²) in [6.45, 7) is 4.63. The van der Waals surface area contributed by atoms with Crippen LogP contribution in [0, 0.1) is 0 Å². The highest BCUT2D eigenvalue weighted by Crippen LogP contribution is 2.53. The Bertz CT molecular complexity index is 3020. The molecule has 11 rings (SSSR count). The van der Waals surface area contributed by atoms with Crippen LogP contribution >= 0.6 is 0 Å². The first-order valence-corrected chi connectivity index (χ1v) is 17.3. The molecule has 0 aliphatic heterocycles. The Kier molecular flexibility index (Phi) is 5.66. The Labute approximate surface area is 293 Å². The van der Waals surface area contributed by atoms with Crippen LogP contribution in [0.4, 0.5) is 17.1 Å². The second-order valence-electron chi connectivity index (χ2n) is 13.9. The molecule has 1 aliphatic rings. The second kappa shape index (κ2) is 10.2. The third-order valence-electron chi connectivity index (χ3n) is 10.7. The van der Waals surface area contributed by atoms with Crippen LogP contribution in [0.5, 0.6) is 0 Å². The Balaban J connectivity index is 1.25. The predicted octanol–water partition coefficient (Wildman–Crippen LogP) is 13.1. The van der Waals surface area contributed by atoms with Gasteiger partial charge in [-0.1, -0.05) is 98.8 Å². The quantitative estimate of drug-likeness (QED) is 0.188. The monoisotopic (exact) mass is 658 g/mol. The van der Waals surface area contributed by atoms with E-state index in [-0.39, 0.29) is 5.41 Å². The average Bonchev–Trinajstić information content (AvgIpc) is 3.92. The van der Waals surface area contributed by atoms with E-state index in [1.54, 1.807) is 0 Å². The van der Waals surface area contributed by atoms with E-state index in [9.17, 15) is 0 Å². The first kappa shape index (κ1) is 28.3. The molecule has 0 saturated carbocycles. The number of aromatic nitrogens is 1. The number of hydrogen-bond acceptors (Lipinski definition) is 5. The van der Waals surface area contributed by atoms with E-state index in [2.05, 4.69) is 110 Å². The van der Waals surface area contributed by atoms with Crippen molar-refractivity contribution >= 4 is 72.0 Å². The molecule has 0 saturated heterocycles. The van der Waals surface area contributed by atoms with Crippen molar-refractivity contribution in [2.45, 2.75) is 19.3 Å². The van der Waals surface area contributed by atoms with Crippen LogP contribution in [-0.4, -0.2) is 4.98 Å². The van der Waals surface area contributed by atoms with Crippen LogP contribution in [0.25, 0.3) is 77.6 Å². The summed E-state index contributed by atoms with van der Waals surface area (Å²) >= 11 is 0. The lowest BCUT2D eigenvalue weighted by Gasteiger charge is -2.28. The minimum atomic E-state index is -0.189. The van der Waals surface area contributed by atoms with Crippen molar-refractivity contribution in [2.75, 3.05) is 4.90 Å². The van der Waals surface area contributed by atoms with E-state index >= 15 is 0 Å². The van der Waals surface area contributed by atoms with E-state index in [4.69, 9.17) is 18.2 Å². The van der Waals surface area contributed by atoms with Gasteiger partial charge in [0.1, 0.15) is 28.0 Å². The number of oxazole rings is 1. The zero-order valence-electron chi connectivity index (χ0n) is 28.0. The van der Waals surface area contributed by atoms with Crippen LogP contribution in [0.2, 0.25) is 0 Å². The molecule has 0 unspecified atom stereocenters. The molecule has 5 nitrogen and oxygen atoms in total. The van der Waals surface area contributed by atoms with Crippen molar-refractivity contribution in [2.24, 2.45) is 0 Å². The maximum atomic E-state index is 6.81. The Morgan fingerprint density at radius 2 is 1.14 bits per heavy atom. The van der Waals surface area contributed by atoms with E-state index < -0.39 is 0 Å². The molecule has 1 aliphatic carbocycles. The summed E-state index contributed by atoms with van der Waals surface area (Å²) in [7, 11) is 0. The van der Waals surface area contributed by atoms with Gasteiger partial charge in [0.05, 0.1) is 0 Å². The summed E-state index contributed by atoms with van der Waals surface area (Å²) in [4.78, 5) is 7.38. The summed E-state index contributed by atoms with van der Waals surface area (Å²) in [5, 5.41) is 4.12. The van der Waals surface area contributed by atoms with Gasteiger partial charge in [-0.15, -0.1) is 0 Å². The van der Waals surface area contributed by atoms with Crippen LogP contribution < -0.4 is 4.90 Å². The number of fused-ring (bicyclic) bond motifs is 10. The fraction of sp³-hybridized carbons (Fsp3) is 0.0652. The number of benzene rings is 7. The van der Waals surface area contributed by atoms with E-state index in [1.807, 2.05) is 54.6 Å². The molecule has 5 heteroatoms. The van der Waals surface area contributed by atoms with Crippen molar-refractivity contribution in [1.82, 2.24) is 4.98 Å².